The van der Waals surface area contributed by atoms with Crippen molar-refractivity contribution in [3.63, 3.8) is 0 Å². The van der Waals surface area contributed by atoms with E-state index in [2.05, 4.69) is 28.9 Å². The number of pyridine rings is 1. The Kier molecular flexibility index (Phi) is 7.34. The summed E-state index contributed by atoms with van der Waals surface area (Å²) in [6.07, 6.45) is 5.10. The molecule has 7 nitrogen and oxygen atoms in total. The van der Waals surface area contributed by atoms with E-state index in [1.54, 1.807) is 18.2 Å². The van der Waals surface area contributed by atoms with Gasteiger partial charge < -0.3 is 10.4 Å². The highest BCUT2D eigenvalue weighted by molar-refractivity contribution is 7.88. The molecule has 1 aromatic rings. The average molecular weight is 395 g/mol. The van der Waals surface area contributed by atoms with Gasteiger partial charge in [0.15, 0.2) is 0 Å². The van der Waals surface area contributed by atoms with Crippen LogP contribution in [-0.4, -0.2) is 42.9 Å². The Labute approximate surface area is 162 Å². The summed E-state index contributed by atoms with van der Waals surface area (Å²) >= 11 is 0. The van der Waals surface area contributed by atoms with Crippen molar-refractivity contribution in [2.45, 2.75) is 63.6 Å². The van der Waals surface area contributed by atoms with Gasteiger partial charge >= 0.3 is 0 Å². The van der Waals surface area contributed by atoms with Gasteiger partial charge in [-0.1, -0.05) is 6.07 Å². The summed E-state index contributed by atoms with van der Waals surface area (Å²) in [6, 6.07) is 7.08. The van der Waals surface area contributed by atoms with Crippen LogP contribution in [0.2, 0.25) is 0 Å². The highest BCUT2D eigenvalue weighted by atomic mass is 32.2. The number of β-amino-alcohol motifs (C(OH)–C–C–N with tert-alkyl or cyclic N) is 1. The topological polar surface area (TPSA) is 115 Å². The van der Waals surface area contributed by atoms with Crippen LogP contribution in [0.15, 0.2) is 18.2 Å². The number of aliphatic hydroxyl groups excluding tert-OH is 1. The molecular formula is C19H30N4O3S. The van der Waals surface area contributed by atoms with Crippen LogP contribution in [0.4, 0.5) is 0 Å². The fourth-order valence-electron chi connectivity index (χ4n) is 3.76. The second-order valence-corrected chi connectivity index (χ2v) is 9.93. The highest BCUT2D eigenvalue weighted by Crippen LogP contribution is 2.31. The summed E-state index contributed by atoms with van der Waals surface area (Å²) in [4.78, 5) is 4.14. The number of hydrogen-bond donors (Lipinski definition) is 3. The zero-order valence-corrected chi connectivity index (χ0v) is 17.1. The Morgan fingerprint density at radius 2 is 2.00 bits per heavy atom. The first-order valence-corrected chi connectivity index (χ1v) is 11.2. The Balaban J connectivity index is 1.80. The third-order valence-electron chi connectivity index (χ3n) is 5.03. The summed E-state index contributed by atoms with van der Waals surface area (Å²) in [7, 11) is -3.14. The molecule has 0 saturated heterocycles. The van der Waals surface area contributed by atoms with Crippen molar-refractivity contribution in [1.29, 1.82) is 5.26 Å². The van der Waals surface area contributed by atoms with Crippen LogP contribution >= 0.6 is 0 Å². The zero-order chi connectivity index (χ0) is 20.1. The van der Waals surface area contributed by atoms with E-state index in [0.717, 1.165) is 32.1 Å². The maximum Gasteiger partial charge on any atom is 0.208 e. The predicted molar refractivity (Wildman–Crippen MR) is 104 cm³/mol. The molecule has 1 aliphatic carbocycles. The van der Waals surface area contributed by atoms with Gasteiger partial charge in [0.2, 0.25) is 10.0 Å². The Morgan fingerprint density at radius 3 is 2.59 bits per heavy atom. The van der Waals surface area contributed by atoms with Gasteiger partial charge in [0, 0.05) is 18.1 Å². The molecule has 0 spiro atoms. The summed E-state index contributed by atoms with van der Waals surface area (Å²) in [5.74, 6) is 0.530. The second kappa shape index (κ2) is 9.11. The molecule has 1 fully saturated rings. The molecule has 0 amide bonds. The molecule has 3 N–H and O–H groups in total. The van der Waals surface area contributed by atoms with E-state index >= 15 is 0 Å². The Morgan fingerprint density at radius 1 is 1.33 bits per heavy atom. The van der Waals surface area contributed by atoms with Crippen molar-refractivity contribution >= 4 is 10.0 Å². The van der Waals surface area contributed by atoms with E-state index in [-0.39, 0.29) is 11.6 Å². The molecule has 1 atom stereocenters. The van der Waals surface area contributed by atoms with E-state index in [9.17, 15) is 13.5 Å². The van der Waals surface area contributed by atoms with Gasteiger partial charge in [-0.25, -0.2) is 18.1 Å². The van der Waals surface area contributed by atoms with E-state index in [1.807, 2.05) is 6.07 Å². The van der Waals surface area contributed by atoms with Crippen LogP contribution in [0.1, 0.15) is 63.4 Å². The van der Waals surface area contributed by atoms with Crippen molar-refractivity contribution in [2.75, 3.05) is 12.8 Å². The maximum absolute atomic E-state index is 11.3. The van der Waals surface area contributed by atoms with Gasteiger partial charge in [0.05, 0.1) is 11.9 Å². The molecule has 0 bridgehead atoms. The fourth-order valence-corrected chi connectivity index (χ4v) is 4.60. The number of aromatic nitrogens is 1. The van der Waals surface area contributed by atoms with Crippen molar-refractivity contribution in [3.8, 4) is 6.07 Å². The number of hydrogen-bond acceptors (Lipinski definition) is 6. The van der Waals surface area contributed by atoms with E-state index < -0.39 is 16.1 Å². The summed E-state index contributed by atoms with van der Waals surface area (Å²) in [5, 5.41) is 22.7. The molecular weight excluding hydrogens is 364 g/mol. The smallest absolute Gasteiger partial charge is 0.208 e. The van der Waals surface area contributed by atoms with Crippen LogP contribution in [0, 0.1) is 17.2 Å². The van der Waals surface area contributed by atoms with Crippen LogP contribution in [0.25, 0.3) is 0 Å². The van der Waals surface area contributed by atoms with E-state index in [4.69, 9.17) is 5.26 Å². The number of rotatable bonds is 8. The van der Waals surface area contributed by atoms with Gasteiger partial charge in [-0.15, -0.1) is 0 Å². The third kappa shape index (κ3) is 7.54. The van der Waals surface area contributed by atoms with E-state index in [0.29, 0.717) is 23.9 Å². The molecule has 0 radical (unpaired) electrons. The van der Waals surface area contributed by atoms with Crippen LogP contribution in [-0.2, 0) is 10.0 Å². The zero-order valence-electron chi connectivity index (χ0n) is 16.3. The third-order valence-corrected chi connectivity index (χ3v) is 5.79. The fraction of sp³-hybridized carbons (Fsp3) is 0.684. The molecule has 8 heteroatoms. The molecule has 0 aliphatic heterocycles. The van der Waals surface area contributed by atoms with Gasteiger partial charge in [0.25, 0.3) is 0 Å². The van der Waals surface area contributed by atoms with E-state index in [1.165, 1.54) is 6.26 Å². The van der Waals surface area contributed by atoms with Crippen LogP contribution < -0.4 is 10.0 Å². The molecule has 0 aromatic carbocycles. The second-order valence-electron chi connectivity index (χ2n) is 8.15. The first-order chi connectivity index (χ1) is 12.6. The van der Waals surface area contributed by atoms with Crippen molar-refractivity contribution < 1.29 is 13.5 Å². The largest absolute Gasteiger partial charge is 0.385 e. The Hall–Kier alpha value is -1.53. The lowest BCUT2D eigenvalue weighted by molar-refractivity contribution is 0.146. The van der Waals surface area contributed by atoms with Gasteiger partial charge in [-0.3, -0.25) is 0 Å². The normalized spacial score (nSPS) is 22.2. The quantitative estimate of drug-likeness (QED) is 0.620. The molecule has 1 aliphatic rings. The first kappa shape index (κ1) is 21.8. The number of nitrogens with one attached hydrogen (secondary N) is 2. The van der Waals surface area contributed by atoms with Crippen LogP contribution in [0.5, 0.6) is 0 Å². The molecule has 1 saturated carbocycles. The lowest BCUT2D eigenvalue weighted by Crippen LogP contribution is -2.44. The minimum Gasteiger partial charge on any atom is -0.385 e. The maximum atomic E-state index is 11.3. The Bertz CT molecular complexity index is 765. The predicted octanol–water partition coefficient (Wildman–Crippen LogP) is 1.85. The van der Waals surface area contributed by atoms with Gasteiger partial charge in [-0.05, 0) is 64.0 Å². The molecule has 150 valence electrons. The minimum absolute atomic E-state index is 0.0487. The molecule has 27 heavy (non-hydrogen) atoms. The summed E-state index contributed by atoms with van der Waals surface area (Å²) < 4.78 is 25.4. The average Bonchev–Trinajstić information content (AvgIpc) is 2.60. The number of aliphatic hydroxyl groups is 1. The SMILES string of the molecule is CC(C)(CC1CCC(NS(C)(=O)=O)CC1)NC[C@H](O)c1cccc(C#N)n1. The molecule has 2 rings (SSSR count). The van der Waals surface area contributed by atoms with Gasteiger partial charge in [0.1, 0.15) is 17.9 Å². The molecule has 1 heterocycles. The van der Waals surface area contributed by atoms with Gasteiger partial charge in [-0.2, -0.15) is 5.26 Å². The standard InChI is InChI=1S/C19H30N4O3S/c1-19(2,11-14-7-9-15(10-8-14)23-27(3,25)26)21-13-18(24)17-6-4-5-16(12-20)22-17/h4-6,14-15,18,21,23-24H,7-11,13H2,1-3H3/t14?,15?,18-/m0/s1. The first-order valence-electron chi connectivity index (χ1n) is 9.35. The van der Waals surface area contributed by atoms with Crippen LogP contribution in [0.3, 0.4) is 0 Å². The number of nitrogens with zero attached hydrogens (tertiary/aromatic N) is 2. The summed E-state index contributed by atoms with van der Waals surface area (Å²) in [6.45, 7) is 4.58. The lowest BCUT2D eigenvalue weighted by Gasteiger charge is -2.35. The van der Waals surface area contributed by atoms with Crippen molar-refractivity contribution in [3.05, 3.63) is 29.6 Å². The lowest BCUT2D eigenvalue weighted by atomic mass is 9.79. The number of nitriles is 1. The molecule has 1 aromatic heterocycles. The van der Waals surface area contributed by atoms with Crippen molar-refractivity contribution in [2.24, 2.45) is 5.92 Å². The highest BCUT2D eigenvalue weighted by Gasteiger charge is 2.28. The minimum atomic E-state index is -3.14. The number of sulfonamides is 1. The monoisotopic (exact) mass is 394 g/mol. The van der Waals surface area contributed by atoms with Crippen molar-refractivity contribution in [1.82, 2.24) is 15.0 Å². The summed E-state index contributed by atoms with van der Waals surface area (Å²) in [5.41, 5.74) is 0.630. The molecule has 0 unspecified atom stereocenters.